The van der Waals surface area contributed by atoms with E-state index in [2.05, 4.69) is 27.3 Å². The molecule has 0 atom stereocenters. The zero-order valence-electron chi connectivity index (χ0n) is 18.6. The van der Waals surface area contributed by atoms with Crippen LogP contribution in [-0.4, -0.2) is 88.4 Å². The van der Waals surface area contributed by atoms with Crippen LogP contribution in [0.25, 0.3) is 0 Å². The SMILES string of the molecule is CCOc1cccc(CCNC(=NC)N2CCN(S(=O)(=O)CCOC(C)C)CC2)c1. The minimum absolute atomic E-state index is 0.0267. The third-order valence-electron chi connectivity index (χ3n) is 4.84. The van der Waals surface area contributed by atoms with E-state index >= 15 is 0 Å². The van der Waals surface area contributed by atoms with Crippen molar-refractivity contribution < 1.29 is 17.9 Å². The van der Waals surface area contributed by atoms with Gasteiger partial charge in [0.05, 0.1) is 25.1 Å². The van der Waals surface area contributed by atoms with Gasteiger partial charge in [-0.1, -0.05) is 12.1 Å². The third-order valence-corrected chi connectivity index (χ3v) is 6.68. The number of nitrogens with one attached hydrogen (secondary N) is 1. The van der Waals surface area contributed by atoms with Gasteiger partial charge in [-0.25, -0.2) is 8.42 Å². The fourth-order valence-electron chi connectivity index (χ4n) is 3.30. The van der Waals surface area contributed by atoms with Gasteiger partial charge in [0, 0.05) is 39.8 Å². The number of hydrogen-bond donors (Lipinski definition) is 1. The number of guanidine groups is 1. The smallest absolute Gasteiger partial charge is 0.216 e. The van der Waals surface area contributed by atoms with Crippen molar-refractivity contribution in [2.75, 3.05) is 58.7 Å². The summed E-state index contributed by atoms with van der Waals surface area (Å²) >= 11 is 0. The molecular weight excluding hydrogens is 404 g/mol. The van der Waals surface area contributed by atoms with Crippen molar-refractivity contribution in [1.82, 2.24) is 14.5 Å². The van der Waals surface area contributed by atoms with Gasteiger partial charge in [-0.3, -0.25) is 4.99 Å². The Morgan fingerprint density at radius 2 is 1.97 bits per heavy atom. The van der Waals surface area contributed by atoms with Crippen LogP contribution in [0.15, 0.2) is 29.3 Å². The summed E-state index contributed by atoms with van der Waals surface area (Å²) in [6, 6.07) is 8.10. The molecule has 0 aromatic heterocycles. The van der Waals surface area contributed by atoms with E-state index in [0.717, 1.165) is 24.7 Å². The first-order valence-electron chi connectivity index (χ1n) is 10.6. The van der Waals surface area contributed by atoms with E-state index in [1.54, 1.807) is 11.4 Å². The zero-order valence-corrected chi connectivity index (χ0v) is 19.5. The first kappa shape index (κ1) is 24.4. The van der Waals surface area contributed by atoms with Crippen LogP contribution in [0.2, 0.25) is 0 Å². The number of ether oxygens (including phenoxy) is 2. The number of sulfonamides is 1. The highest BCUT2D eigenvalue weighted by atomic mass is 32.2. The van der Waals surface area contributed by atoms with E-state index in [1.165, 1.54) is 5.56 Å². The molecule has 0 unspecified atom stereocenters. The van der Waals surface area contributed by atoms with Crippen molar-refractivity contribution in [3.63, 3.8) is 0 Å². The fraction of sp³-hybridized carbons (Fsp3) is 0.667. The van der Waals surface area contributed by atoms with E-state index in [-0.39, 0.29) is 18.5 Å². The van der Waals surface area contributed by atoms with Gasteiger partial charge in [0.15, 0.2) is 5.96 Å². The molecule has 8 nitrogen and oxygen atoms in total. The predicted octanol–water partition coefficient (Wildman–Crippen LogP) is 1.58. The number of rotatable bonds is 10. The maximum atomic E-state index is 12.5. The van der Waals surface area contributed by atoms with Gasteiger partial charge in [-0.05, 0) is 44.9 Å². The van der Waals surface area contributed by atoms with E-state index in [9.17, 15) is 8.42 Å². The number of aliphatic imine (C=N–C) groups is 1. The maximum Gasteiger partial charge on any atom is 0.216 e. The van der Waals surface area contributed by atoms with Crippen LogP contribution in [0.3, 0.4) is 0 Å². The molecule has 2 rings (SSSR count). The summed E-state index contributed by atoms with van der Waals surface area (Å²) in [4.78, 5) is 6.47. The molecule has 0 aliphatic carbocycles. The Labute approximate surface area is 181 Å². The second-order valence-corrected chi connectivity index (χ2v) is 9.51. The molecular formula is C21H36N4O4S. The second kappa shape index (κ2) is 12.1. The van der Waals surface area contributed by atoms with Gasteiger partial charge in [0.1, 0.15) is 5.75 Å². The van der Waals surface area contributed by atoms with Crippen LogP contribution in [0.5, 0.6) is 5.75 Å². The molecule has 1 fully saturated rings. The largest absolute Gasteiger partial charge is 0.494 e. The van der Waals surface area contributed by atoms with Gasteiger partial charge >= 0.3 is 0 Å². The second-order valence-electron chi connectivity index (χ2n) is 7.43. The Bertz CT molecular complexity index is 775. The van der Waals surface area contributed by atoms with Gasteiger partial charge < -0.3 is 19.7 Å². The van der Waals surface area contributed by atoms with E-state index < -0.39 is 10.0 Å². The molecule has 0 amide bonds. The van der Waals surface area contributed by atoms with Crippen molar-refractivity contribution >= 4 is 16.0 Å². The molecule has 170 valence electrons. The standard InChI is InChI=1S/C21H36N4O4S/c1-5-28-20-8-6-7-19(17-20)9-10-23-21(22-4)24-11-13-25(14-12-24)30(26,27)16-15-29-18(2)3/h6-8,17-18H,5,9-16H2,1-4H3,(H,22,23). The molecule has 1 aliphatic rings. The molecule has 1 aromatic rings. The summed E-state index contributed by atoms with van der Waals surface area (Å²) in [5.41, 5.74) is 1.20. The Morgan fingerprint density at radius 3 is 2.60 bits per heavy atom. The maximum absolute atomic E-state index is 12.5. The van der Waals surface area contributed by atoms with Gasteiger partial charge in [-0.15, -0.1) is 0 Å². The molecule has 0 spiro atoms. The van der Waals surface area contributed by atoms with Gasteiger partial charge in [0.2, 0.25) is 10.0 Å². The summed E-state index contributed by atoms with van der Waals surface area (Å²) in [5.74, 6) is 1.71. The molecule has 30 heavy (non-hydrogen) atoms. The minimum atomic E-state index is -3.29. The third kappa shape index (κ3) is 7.77. The van der Waals surface area contributed by atoms with Crippen LogP contribution in [0.1, 0.15) is 26.3 Å². The summed E-state index contributed by atoms with van der Waals surface area (Å²) in [5, 5.41) is 3.39. The minimum Gasteiger partial charge on any atom is -0.494 e. The topological polar surface area (TPSA) is 83.5 Å². The molecule has 1 aromatic carbocycles. The Morgan fingerprint density at radius 1 is 1.23 bits per heavy atom. The quantitative estimate of drug-likeness (QED) is 0.439. The van der Waals surface area contributed by atoms with Crippen molar-refractivity contribution in [3.05, 3.63) is 29.8 Å². The molecule has 1 heterocycles. The lowest BCUT2D eigenvalue weighted by molar-refractivity contribution is 0.0904. The van der Waals surface area contributed by atoms with Crippen molar-refractivity contribution in [2.45, 2.75) is 33.3 Å². The monoisotopic (exact) mass is 440 g/mol. The number of benzene rings is 1. The van der Waals surface area contributed by atoms with Crippen molar-refractivity contribution in [3.8, 4) is 5.75 Å². The van der Waals surface area contributed by atoms with Crippen LogP contribution < -0.4 is 10.1 Å². The molecule has 0 radical (unpaired) electrons. The highest BCUT2D eigenvalue weighted by Gasteiger charge is 2.27. The summed E-state index contributed by atoms with van der Waals surface area (Å²) in [6.45, 7) is 9.56. The molecule has 0 bridgehead atoms. The molecule has 1 aliphatic heterocycles. The van der Waals surface area contributed by atoms with Gasteiger partial charge in [0.25, 0.3) is 0 Å². The lowest BCUT2D eigenvalue weighted by Gasteiger charge is -2.35. The Balaban J connectivity index is 1.79. The number of nitrogens with zero attached hydrogens (tertiary/aromatic N) is 3. The van der Waals surface area contributed by atoms with Crippen LogP contribution in [0.4, 0.5) is 0 Å². The van der Waals surface area contributed by atoms with Crippen LogP contribution in [-0.2, 0) is 21.2 Å². The number of hydrogen-bond acceptors (Lipinski definition) is 5. The molecule has 1 saturated heterocycles. The summed E-state index contributed by atoms with van der Waals surface area (Å²) < 4.78 is 37.5. The highest BCUT2D eigenvalue weighted by molar-refractivity contribution is 7.89. The Kier molecular flexibility index (Phi) is 9.87. The van der Waals surface area contributed by atoms with E-state index in [1.807, 2.05) is 32.9 Å². The fourth-order valence-corrected chi connectivity index (χ4v) is 4.59. The summed E-state index contributed by atoms with van der Waals surface area (Å²) in [6.07, 6.45) is 0.887. The first-order chi connectivity index (χ1) is 14.4. The van der Waals surface area contributed by atoms with Crippen LogP contribution >= 0.6 is 0 Å². The lowest BCUT2D eigenvalue weighted by atomic mass is 10.1. The molecule has 1 N–H and O–H groups in total. The van der Waals surface area contributed by atoms with Crippen molar-refractivity contribution in [1.29, 1.82) is 0 Å². The lowest BCUT2D eigenvalue weighted by Crippen LogP contribution is -2.54. The van der Waals surface area contributed by atoms with Crippen LogP contribution in [0, 0.1) is 0 Å². The summed E-state index contributed by atoms with van der Waals surface area (Å²) in [7, 11) is -1.53. The first-order valence-corrected chi connectivity index (χ1v) is 12.2. The average Bonchev–Trinajstić information content (AvgIpc) is 2.71. The number of piperazine rings is 1. The van der Waals surface area contributed by atoms with Crippen molar-refractivity contribution in [2.24, 2.45) is 4.99 Å². The van der Waals surface area contributed by atoms with E-state index in [0.29, 0.717) is 32.8 Å². The Hall–Kier alpha value is -1.84. The average molecular weight is 441 g/mol. The zero-order chi connectivity index (χ0) is 22.0. The molecule has 9 heteroatoms. The highest BCUT2D eigenvalue weighted by Crippen LogP contribution is 2.13. The van der Waals surface area contributed by atoms with E-state index in [4.69, 9.17) is 9.47 Å². The van der Waals surface area contributed by atoms with Gasteiger partial charge in [-0.2, -0.15) is 4.31 Å². The predicted molar refractivity (Wildman–Crippen MR) is 121 cm³/mol. The molecule has 0 saturated carbocycles. The normalized spacial score (nSPS) is 16.2.